The summed E-state index contributed by atoms with van der Waals surface area (Å²) in [4.78, 5) is 0. The highest BCUT2D eigenvalue weighted by atomic mass is 16.3. The second-order valence-electron chi connectivity index (χ2n) is 4.88. The molecule has 0 aromatic heterocycles. The van der Waals surface area contributed by atoms with Crippen molar-refractivity contribution in [1.29, 1.82) is 0 Å². The van der Waals surface area contributed by atoms with Crippen LogP contribution in [0.4, 0.5) is 0 Å². The number of phenols is 1. The van der Waals surface area contributed by atoms with Crippen LogP contribution in [0.25, 0.3) is 0 Å². The molecule has 84 valence electrons. The third-order valence-electron chi connectivity index (χ3n) is 3.11. The molecule has 0 aliphatic carbocycles. The fraction of sp³-hybridized carbons (Fsp3) is 0.538. The van der Waals surface area contributed by atoms with Gasteiger partial charge in [-0.2, -0.15) is 0 Å². The summed E-state index contributed by atoms with van der Waals surface area (Å²) < 4.78 is 0. The molecule has 0 atom stereocenters. The lowest BCUT2D eigenvalue weighted by Crippen LogP contribution is -2.22. The van der Waals surface area contributed by atoms with Crippen LogP contribution in [-0.4, -0.2) is 11.7 Å². The Labute approximate surface area is 92.1 Å². The van der Waals surface area contributed by atoms with Crippen LogP contribution in [0.15, 0.2) is 12.1 Å². The summed E-state index contributed by atoms with van der Waals surface area (Å²) in [5.74, 6) is 0.386. The summed E-state index contributed by atoms with van der Waals surface area (Å²) >= 11 is 0. The van der Waals surface area contributed by atoms with Gasteiger partial charge in [0.1, 0.15) is 5.75 Å². The predicted molar refractivity (Wildman–Crippen MR) is 64.3 cm³/mol. The lowest BCUT2D eigenvalue weighted by Gasteiger charge is -2.26. The van der Waals surface area contributed by atoms with E-state index in [1.807, 2.05) is 13.0 Å². The zero-order valence-electron chi connectivity index (χ0n) is 10.1. The van der Waals surface area contributed by atoms with Crippen LogP contribution in [0.3, 0.4) is 0 Å². The van der Waals surface area contributed by atoms with Crippen molar-refractivity contribution in [3.05, 3.63) is 28.8 Å². The number of benzene rings is 1. The van der Waals surface area contributed by atoms with Crippen molar-refractivity contribution in [3.63, 3.8) is 0 Å². The van der Waals surface area contributed by atoms with E-state index in [0.29, 0.717) is 12.3 Å². The molecule has 0 unspecified atom stereocenters. The Morgan fingerprint density at radius 1 is 1.20 bits per heavy atom. The number of nitrogens with two attached hydrogens (primary N) is 1. The smallest absolute Gasteiger partial charge is 0.119 e. The molecule has 0 aliphatic heterocycles. The van der Waals surface area contributed by atoms with E-state index in [2.05, 4.69) is 26.8 Å². The molecule has 3 N–H and O–H groups in total. The molecule has 0 amide bonds. The largest absolute Gasteiger partial charge is 0.508 e. The molecule has 0 saturated carbocycles. The summed E-state index contributed by atoms with van der Waals surface area (Å²) in [7, 11) is 0. The van der Waals surface area contributed by atoms with Crippen molar-refractivity contribution in [3.8, 4) is 5.75 Å². The lowest BCUT2D eigenvalue weighted by atomic mass is 9.80. The average molecular weight is 207 g/mol. The summed E-state index contributed by atoms with van der Waals surface area (Å²) in [6.07, 6.45) is 0.878. The SMILES string of the molecule is Cc1cc(O)c(C(C)(C)CCN)cc1C. The molecule has 0 radical (unpaired) electrons. The molecular weight excluding hydrogens is 186 g/mol. The first-order valence-corrected chi connectivity index (χ1v) is 5.39. The third-order valence-corrected chi connectivity index (χ3v) is 3.11. The fourth-order valence-corrected chi connectivity index (χ4v) is 1.84. The molecule has 2 nitrogen and oxygen atoms in total. The highest BCUT2D eigenvalue weighted by Gasteiger charge is 2.23. The standard InChI is InChI=1S/C13H21NO/c1-9-7-11(12(15)8-10(9)2)13(3,4)5-6-14/h7-8,15H,5-6,14H2,1-4H3. The van der Waals surface area contributed by atoms with Gasteiger partial charge in [-0.3, -0.25) is 0 Å². The van der Waals surface area contributed by atoms with Gasteiger partial charge in [0.05, 0.1) is 0 Å². The van der Waals surface area contributed by atoms with E-state index in [0.717, 1.165) is 17.5 Å². The van der Waals surface area contributed by atoms with Gasteiger partial charge in [0, 0.05) is 0 Å². The lowest BCUT2D eigenvalue weighted by molar-refractivity contribution is 0.422. The molecule has 2 heteroatoms. The monoisotopic (exact) mass is 207 g/mol. The minimum atomic E-state index is -0.0582. The van der Waals surface area contributed by atoms with E-state index in [4.69, 9.17) is 5.73 Å². The van der Waals surface area contributed by atoms with Crippen LogP contribution in [0, 0.1) is 13.8 Å². The fourth-order valence-electron chi connectivity index (χ4n) is 1.84. The average Bonchev–Trinajstić information content (AvgIpc) is 2.11. The molecular formula is C13H21NO. The zero-order chi connectivity index (χ0) is 11.6. The molecule has 0 heterocycles. The minimum absolute atomic E-state index is 0.0582. The first-order valence-electron chi connectivity index (χ1n) is 5.39. The first-order chi connectivity index (χ1) is 6.88. The minimum Gasteiger partial charge on any atom is -0.508 e. The molecule has 1 aromatic rings. The van der Waals surface area contributed by atoms with Gasteiger partial charge in [-0.25, -0.2) is 0 Å². The maximum absolute atomic E-state index is 9.94. The Morgan fingerprint density at radius 3 is 2.27 bits per heavy atom. The van der Waals surface area contributed by atoms with Crippen molar-refractivity contribution >= 4 is 0 Å². The zero-order valence-corrected chi connectivity index (χ0v) is 10.1. The number of aromatic hydroxyl groups is 1. The van der Waals surface area contributed by atoms with E-state index >= 15 is 0 Å². The van der Waals surface area contributed by atoms with Crippen molar-refractivity contribution in [2.75, 3.05) is 6.54 Å². The molecule has 1 aromatic carbocycles. The van der Waals surface area contributed by atoms with E-state index in [1.54, 1.807) is 0 Å². The van der Waals surface area contributed by atoms with Gasteiger partial charge >= 0.3 is 0 Å². The highest BCUT2D eigenvalue weighted by Crippen LogP contribution is 2.35. The van der Waals surface area contributed by atoms with E-state index < -0.39 is 0 Å². The maximum Gasteiger partial charge on any atom is 0.119 e. The summed E-state index contributed by atoms with van der Waals surface area (Å²) in [6.45, 7) is 8.94. The second kappa shape index (κ2) is 4.23. The van der Waals surface area contributed by atoms with Crippen molar-refractivity contribution in [2.45, 2.75) is 39.5 Å². The maximum atomic E-state index is 9.94. The molecule has 15 heavy (non-hydrogen) atoms. The summed E-state index contributed by atoms with van der Waals surface area (Å²) in [5.41, 5.74) is 8.87. The normalized spacial score (nSPS) is 11.8. The van der Waals surface area contributed by atoms with Crippen molar-refractivity contribution in [2.24, 2.45) is 5.73 Å². The van der Waals surface area contributed by atoms with Crippen molar-refractivity contribution in [1.82, 2.24) is 0 Å². The van der Waals surface area contributed by atoms with E-state index in [9.17, 15) is 5.11 Å². The van der Waals surface area contributed by atoms with E-state index in [1.165, 1.54) is 5.56 Å². The Morgan fingerprint density at radius 2 is 1.73 bits per heavy atom. The molecule has 0 aliphatic rings. The Bertz CT molecular complexity index is 356. The van der Waals surface area contributed by atoms with Crippen LogP contribution in [0.5, 0.6) is 5.75 Å². The van der Waals surface area contributed by atoms with Crippen molar-refractivity contribution < 1.29 is 5.11 Å². The van der Waals surface area contributed by atoms with Gasteiger partial charge in [0.25, 0.3) is 0 Å². The second-order valence-corrected chi connectivity index (χ2v) is 4.88. The first kappa shape index (κ1) is 12.1. The summed E-state index contributed by atoms with van der Waals surface area (Å²) in [5, 5.41) is 9.94. The van der Waals surface area contributed by atoms with Gasteiger partial charge < -0.3 is 10.8 Å². The van der Waals surface area contributed by atoms with Gasteiger partial charge in [-0.05, 0) is 55.0 Å². The predicted octanol–water partition coefficient (Wildman–Crippen LogP) is 2.64. The Balaban J connectivity index is 3.19. The van der Waals surface area contributed by atoms with Gasteiger partial charge in [-0.15, -0.1) is 0 Å². The number of phenolic OH excluding ortho intramolecular Hbond substituents is 1. The quantitative estimate of drug-likeness (QED) is 0.800. The molecule has 0 fully saturated rings. The van der Waals surface area contributed by atoms with Crippen LogP contribution in [0.1, 0.15) is 37.0 Å². The van der Waals surface area contributed by atoms with Crippen LogP contribution >= 0.6 is 0 Å². The molecule has 0 saturated heterocycles. The molecule has 0 spiro atoms. The number of aryl methyl sites for hydroxylation is 2. The Hall–Kier alpha value is -1.02. The van der Waals surface area contributed by atoms with Gasteiger partial charge in [0.15, 0.2) is 0 Å². The molecule has 0 bridgehead atoms. The Kier molecular flexibility index (Phi) is 3.40. The number of hydrogen-bond donors (Lipinski definition) is 2. The van der Waals surface area contributed by atoms with E-state index in [-0.39, 0.29) is 5.41 Å². The van der Waals surface area contributed by atoms with Crippen LogP contribution in [0.2, 0.25) is 0 Å². The van der Waals surface area contributed by atoms with Crippen LogP contribution in [-0.2, 0) is 5.41 Å². The van der Waals surface area contributed by atoms with Gasteiger partial charge in [-0.1, -0.05) is 19.9 Å². The number of rotatable bonds is 3. The van der Waals surface area contributed by atoms with Gasteiger partial charge in [0.2, 0.25) is 0 Å². The topological polar surface area (TPSA) is 46.2 Å². The summed E-state index contributed by atoms with van der Waals surface area (Å²) in [6, 6.07) is 3.91. The van der Waals surface area contributed by atoms with Crippen LogP contribution < -0.4 is 5.73 Å². The third kappa shape index (κ3) is 2.51. The highest BCUT2D eigenvalue weighted by molar-refractivity contribution is 5.44. The number of hydrogen-bond acceptors (Lipinski definition) is 2. The molecule has 1 rings (SSSR count).